The summed E-state index contributed by atoms with van der Waals surface area (Å²) in [7, 11) is 0. The Labute approximate surface area is 81.4 Å². The van der Waals surface area contributed by atoms with E-state index in [9.17, 15) is 0 Å². The summed E-state index contributed by atoms with van der Waals surface area (Å²) in [6, 6.07) is 0. The summed E-state index contributed by atoms with van der Waals surface area (Å²) in [5, 5.41) is 0. The molecule has 0 atom stereocenters. The lowest BCUT2D eigenvalue weighted by Crippen LogP contribution is -1.68. The molecule has 70 valence electrons. The van der Waals surface area contributed by atoms with Crippen molar-refractivity contribution in [2.45, 2.75) is 32.1 Å². The Kier molecular flexibility index (Phi) is 5.87. The smallest absolute Gasteiger partial charge is 0.0166 e. The third-order valence-electron chi connectivity index (χ3n) is 2.00. The van der Waals surface area contributed by atoms with Crippen LogP contribution in [0.25, 0.3) is 0 Å². The summed E-state index contributed by atoms with van der Waals surface area (Å²) >= 11 is 0. The summed E-state index contributed by atoms with van der Waals surface area (Å²) < 4.78 is 0. The van der Waals surface area contributed by atoms with Crippen molar-refractivity contribution in [2.24, 2.45) is 0 Å². The van der Waals surface area contributed by atoms with Crippen LogP contribution in [0.15, 0.2) is 48.6 Å². The van der Waals surface area contributed by atoms with Crippen LogP contribution in [0.5, 0.6) is 0 Å². The summed E-state index contributed by atoms with van der Waals surface area (Å²) in [6.07, 6.45) is 23.5. The van der Waals surface area contributed by atoms with Gasteiger partial charge < -0.3 is 0 Å². The van der Waals surface area contributed by atoms with Crippen LogP contribution < -0.4 is 0 Å². The maximum absolute atomic E-state index is 2.28. The van der Waals surface area contributed by atoms with E-state index >= 15 is 0 Å². The molecule has 1 aliphatic rings. The van der Waals surface area contributed by atoms with Crippen molar-refractivity contribution >= 4 is 0 Å². The molecule has 0 spiro atoms. The van der Waals surface area contributed by atoms with E-state index in [-0.39, 0.29) is 0 Å². The van der Waals surface area contributed by atoms with Crippen LogP contribution in [0.4, 0.5) is 0 Å². The Morgan fingerprint density at radius 3 is 2.08 bits per heavy atom. The van der Waals surface area contributed by atoms with E-state index in [2.05, 4.69) is 48.6 Å². The molecular weight excluding hydrogens is 156 g/mol. The van der Waals surface area contributed by atoms with Crippen LogP contribution in [-0.2, 0) is 0 Å². The van der Waals surface area contributed by atoms with Gasteiger partial charge in [-0.05, 0) is 32.1 Å². The van der Waals surface area contributed by atoms with Crippen molar-refractivity contribution in [3.05, 3.63) is 48.6 Å². The molecule has 0 amide bonds. The van der Waals surface area contributed by atoms with Crippen LogP contribution in [0, 0.1) is 0 Å². The minimum atomic E-state index is 1.05. The van der Waals surface area contributed by atoms with Gasteiger partial charge in [-0.25, -0.2) is 0 Å². The molecule has 0 heterocycles. The number of allylic oxidation sites excluding steroid dienone is 8. The molecule has 0 aliphatic heterocycles. The fourth-order valence-electron chi connectivity index (χ4n) is 1.25. The Bertz CT molecular complexity index is 216. The van der Waals surface area contributed by atoms with Crippen molar-refractivity contribution in [3.63, 3.8) is 0 Å². The first kappa shape index (κ1) is 10.0. The van der Waals surface area contributed by atoms with Gasteiger partial charge in [0.25, 0.3) is 0 Å². The van der Waals surface area contributed by atoms with Crippen LogP contribution in [-0.4, -0.2) is 0 Å². The number of rotatable bonds is 0. The van der Waals surface area contributed by atoms with Gasteiger partial charge >= 0.3 is 0 Å². The van der Waals surface area contributed by atoms with Gasteiger partial charge in [0.1, 0.15) is 0 Å². The molecule has 0 radical (unpaired) electrons. The fourth-order valence-corrected chi connectivity index (χ4v) is 1.25. The summed E-state index contributed by atoms with van der Waals surface area (Å²) in [4.78, 5) is 0. The average Bonchev–Trinajstić information content (AvgIpc) is 2.18. The van der Waals surface area contributed by atoms with E-state index < -0.39 is 0 Å². The second kappa shape index (κ2) is 7.60. The minimum Gasteiger partial charge on any atom is -0.0882 e. The summed E-state index contributed by atoms with van der Waals surface area (Å²) in [5.41, 5.74) is 0. The van der Waals surface area contributed by atoms with Gasteiger partial charge in [-0.1, -0.05) is 48.6 Å². The molecule has 0 heteroatoms. The molecule has 0 fully saturated rings. The van der Waals surface area contributed by atoms with Crippen LogP contribution >= 0.6 is 0 Å². The quantitative estimate of drug-likeness (QED) is 0.483. The van der Waals surface area contributed by atoms with Crippen molar-refractivity contribution < 1.29 is 0 Å². The van der Waals surface area contributed by atoms with E-state index in [1.165, 1.54) is 19.3 Å². The highest BCUT2D eigenvalue weighted by molar-refractivity contribution is 5.06. The van der Waals surface area contributed by atoms with Crippen molar-refractivity contribution in [3.8, 4) is 0 Å². The topological polar surface area (TPSA) is 0 Å². The van der Waals surface area contributed by atoms with Crippen LogP contribution in [0.3, 0.4) is 0 Å². The second-order valence-corrected chi connectivity index (χ2v) is 3.20. The van der Waals surface area contributed by atoms with Gasteiger partial charge in [0, 0.05) is 0 Å². The fraction of sp³-hybridized carbons (Fsp3) is 0.385. The van der Waals surface area contributed by atoms with Crippen molar-refractivity contribution in [1.29, 1.82) is 0 Å². The van der Waals surface area contributed by atoms with Gasteiger partial charge in [-0.2, -0.15) is 0 Å². The Balaban J connectivity index is 2.38. The predicted molar refractivity (Wildman–Crippen MR) is 59.6 cm³/mol. The molecule has 13 heavy (non-hydrogen) atoms. The molecule has 1 rings (SSSR count). The first-order valence-electron chi connectivity index (χ1n) is 5.12. The maximum atomic E-state index is 2.28. The van der Waals surface area contributed by atoms with Crippen LogP contribution in [0.1, 0.15) is 32.1 Å². The van der Waals surface area contributed by atoms with Gasteiger partial charge in [-0.15, -0.1) is 0 Å². The Morgan fingerprint density at radius 2 is 1.15 bits per heavy atom. The molecule has 0 aromatic carbocycles. The number of hydrogen-bond donors (Lipinski definition) is 0. The zero-order valence-electron chi connectivity index (χ0n) is 8.15. The lowest BCUT2D eigenvalue weighted by Gasteiger charge is -1.88. The summed E-state index contributed by atoms with van der Waals surface area (Å²) in [5.74, 6) is 0. The lowest BCUT2D eigenvalue weighted by atomic mass is 10.2. The molecule has 0 aromatic heterocycles. The molecule has 0 nitrogen and oxygen atoms in total. The molecule has 0 unspecified atom stereocenters. The number of hydrogen-bond acceptors (Lipinski definition) is 0. The maximum Gasteiger partial charge on any atom is -0.0166 e. The van der Waals surface area contributed by atoms with E-state index in [1.54, 1.807) is 0 Å². The monoisotopic (exact) mass is 174 g/mol. The Hall–Kier alpha value is -1.04. The van der Waals surface area contributed by atoms with E-state index in [0.717, 1.165) is 12.8 Å². The standard InChI is InChI=1S/C13H18/c1-2-4-6-8-10-12-13-11-9-7-5-3-1/h1-4,7,9,12-13H,5-6,8,10-11H2/b3-1-,4-2?,9-7-,13-12-. The van der Waals surface area contributed by atoms with Gasteiger partial charge in [0.05, 0.1) is 0 Å². The molecule has 1 aliphatic carbocycles. The third kappa shape index (κ3) is 6.15. The highest BCUT2D eigenvalue weighted by Crippen LogP contribution is 2.01. The average molecular weight is 174 g/mol. The molecule has 0 saturated carbocycles. The largest absolute Gasteiger partial charge is 0.0882 e. The lowest BCUT2D eigenvalue weighted by molar-refractivity contribution is 0.866. The highest BCUT2D eigenvalue weighted by atomic mass is 13.9. The van der Waals surface area contributed by atoms with Gasteiger partial charge in [0.2, 0.25) is 0 Å². The van der Waals surface area contributed by atoms with E-state index in [0.29, 0.717) is 0 Å². The highest BCUT2D eigenvalue weighted by Gasteiger charge is 1.80. The van der Waals surface area contributed by atoms with Crippen molar-refractivity contribution in [1.82, 2.24) is 0 Å². The molecule has 0 N–H and O–H groups in total. The van der Waals surface area contributed by atoms with E-state index in [4.69, 9.17) is 0 Å². The minimum absolute atomic E-state index is 1.05. The molecular formula is C13H18. The first-order chi connectivity index (χ1) is 6.50. The SMILES string of the molecule is C1=CCCC/C=C\C/C=C\C/C=C\1. The second-order valence-electron chi connectivity index (χ2n) is 3.20. The zero-order chi connectivity index (χ0) is 9.19. The first-order valence-corrected chi connectivity index (χ1v) is 5.12. The van der Waals surface area contributed by atoms with Crippen LogP contribution in [0.2, 0.25) is 0 Å². The Morgan fingerprint density at radius 1 is 0.538 bits per heavy atom. The molecule has 0 saturated heterocycles. The molecule has 0 aromatic rings. The zero-order valence-corrected chi connectivity index (χ0v) is 8.15. The van der Waals surface area contributed by atoms with Gasteiger partial charge in [-0.3, -0.25) is 0 Å². The third-order valence-corrected chi connectivity index (χ3v) is 2.00. The van der Waals surface area contributed by atoms with Crippen molar-refractivity contribution in [2.75, 3.05) is 0 Å². The van der Waals surface area contributed by atoms with Gasteiger partial charge in [0.15, 0.2) is 0 Å². The van der Waals surface area contributed by atoms with E-state index in [1.807, 2.05) is 0 Å². The summed E-state index contributed by atoms with van der Waals surface area (Å²) in [6.45, 7) is 0. The molecule has 0 bridgehead atoms. The predicted octanol–water partition coefficient (Wildman–Crippen LogP) is 4.18. The normalized spacial score (nSPS) is 26.5.